The van der Waals surface area contributed by atoms with Crippen LogP contribution >= 0.6 is 11.3 Å². The van der Waals surface area contributed by atoms with Crippen molar-refractivity contribution in [1.82, 2.24) is 15.0 Å². The van der Waals surface area contributed by atoms with Crippen LogP contribution in [0.3, 0.4) is 0 Å². The molecule has 0 saturated heterocycles. The Bertz CT molecular complexity index is 2170. The van der Waals surface area contributed by atoms with Gasteiger partial charge < -0.3 is 0 Å². The molecule has 0 radical (unpaired) electrons. The lowest BCUT2D eigenvalue weighted by Gasteiger charge is -2.13. The first-order valence-electron chi connectivity index (χ1n) is 14.3. The van der Waals surface area contributed by atoms with Gasteiger partial charge in [-0.3, -0.25) is 4.98 Å². The van der Waals surface area contributed by atoms with Crippen LogP contribution in [0.1, 0.15) is 0 Å². The van der Waals surface area contributed by atoms with Gasteiger partial charge in [0.05, 0.1) is 17.1 Å². The first-order valence-corrected chi connectivity index (χ1v) is 15.1. The van der Waals surface area contributed by atoms with Crippen LogP contribution in [-0.4, -0.2) is 15.0 Å². The molecule has 0 atom stereocenters. The standard InChI is InChI=1S/C39H25N3S/c1-3-12-26(13-4-1)28-22-29(31-17-11-18-33-32-16-7-8-20-37(32)43-38(31)33)24-30(23-28)35-25-36(34-19-9-10-21-40-34)42-39(41-35)27-14-5-2-6-15-27/h1-25H. The number of fused-ring (bicyclic) bond motifs is 3. The van der Waals surface area contributed by atoms with E-state index in [0.29, 0.717) is 5.82 Å². The second-order valence-electron chi connectivity index (χ2n) is 10.5. The van der Waals surface area contributed by atoms with Crippen molar-refractivity contribution in [1.29, 1.82) is 0 Å². The Balaban J connectivity index is 1.38. The normalized spacial score (nSPS) is 11.3. The lowest BCUT2D eigenvalue weighted by atomic mass is 9.94. The molecular formula is C39H25N3S. The largest absolute Gasteiger partial charge is 0.255 e. The quantitative estimate of drug-likeness (QED) is 0.208. The summed E-state index contributed by atoms with van der Waals surface area (Å²) in [4.78, 5) is 14.7. The van der Waals surface area contributed by atoms with Gasteiger partial charge in [0.2, 0.25) is 0 Å². The Labute approximate surface area is 253 Å². The Hall–Kier alpha value is -5.45. The number of hydrogen-bond acceptors (Lipinski definition) is 4. The highest BCUT2D eigenvalue weighted by atomic mass is 32.1. The minimum Gasteiger partial charge on any atom is -0.255 e. The van der Waals surface area contributed by atoms with Gasteiger partial charge in [0.1, 0.15) is 0 Å². The van der Waals surface area contributed by atoms with Crippen molar-refractivity contribution < 1.29 is 0 Å². The van der Waals surface area contributed by atoms with Crippen molar-refractivity contribution in [3.8, 4) is 56.3 Å². The number of rotatable bonds is 5. The molecule has 0 aliphatic carbocycles. The van der Waals surface area contributed by atoms with E-state index >= 15 is 0 Å². The smallest absolute Gasteiger partial charge is 0.160 e. The molecule has 0 N–H and O–H groups in total. The summed E-state index contributed by atoms with van der Waals surface area (Å²) in [6.45, 7) is 0. The van der Waals surface area contributed by atoms with Crippen molar-refractivity contribution in [2.75, 3.05) is 0 Å². The van der Waals surface area contributed by atoms with Crippen LogP contribution < -0.4 is 0 Å². The van der Waals surface area contributed by atoms with Gasteiger partial charge in [-0.15, -0.1) is 11.3 Å². The van der Waals surface area contributed by atoms with Gasteiger partial charge in [0.15, 0.2) is 5.82 Å². The molecular weight excluding hydrogens is 543 g/mol. The van der Waals surface area contributed by atoms with Gasteiger partial charge in [0, 0.05) is 37.5 Å². The summed E-state index contributed by atoms with van der Waals surface area (Å²) in [5.41, 5.74) is 9.16. The fourth-order valence-electron chi connectivity index (χ4n) is 5.66. The lowest BCUT2D eigenvalue weighted by Crippen LogP contribution is -1.97. The first kappa shape index (κ1) is 25.3. The van der Waals surface area contributed by atoms with E-state index in [9.17, 15) is 0 Å². The minimum absolute atomic E-state index is 0.678. The van der Waals surface area contributed by atoms with E-state index in [4.69, 9.17) is 9.97 Å². The van der Waals surface area contributed by atoms with Gasteiger partial charge in [-0.05, 0) is 64.7 Å². The molecule has 0 aliphatic rings. The Morgan fingerprint density at radius 3 is 1.91 bits per heavy atom. The summed E-state index contributed by atoms with van der Waals surface area (Å²) in [6.07, 6.45) is 1.80. The molecule has 8 rings (SSSR count). The highest BCUT2D eigenvalue weighted by Gasteiger charge is 2.16. The monoisotopic (exact) mass is 567 g/mol. The summed E-state index contributed by atoms with van der Waals surface area (Å²) < 4.78 is 2.59. The zero-order valence-corrected chi connectivity index (χ0v) is 24.0. The maximum absolute atomic E-state index is 5.13. The van der Waals surface area contributed by atoms with Gasteiger partial charge >= 0.3 is 0 Å². The summed E-state index contributed by atoms with van der Waals surface area (Å²) in [5.74, 6) is 0.678. The first-order chi connectivity index (χ1) is 21.3. The highest BCUT2D eigenvalue weighted by Crippen LogP contribution is 2.42. The molecule has 3 heterocycles. The second-order valence-corrected chi connectivity index (χ2v) is 11.5. The van der Waals surface area contributed by atoms with Gasteiger partial charge in [-0.2, -0.15) is 0 Å². The zero-order valence-electron chi connectivity index (χ0n) is 23.2. The molecule has 5 aromatic carbocycles. The number of nitrogens with zero attached hydrogens (tertiary/aromatic N) is 3. The Morgan fingerprint density at radius 2 is 1.09 bits per heavy atom. The van der Waals surface area contributed by atoms with Crippen molar-refractivity contribution in [3.63, 3.8) is 0 Å². The average molecular weight is 568 g/mol. The topological polar surface area (TPSA) is 38.7 Å². The molecule has 0 fully saturated rings. The molecule has 0 aliphatic heterocycles. The zero-order chi connectivity index (χ0) is 28.6. The van der Waals surface area contributed by atoms with Crippen LogP contribution in [-0.2, 0) is 0 Å². The Kier molecular flexibility index (Phi) is 6.32. The third-order valence-corrected chi connectivity index (χ3v) is 8.96. The van der Waals surface area contributed by atoms with Crippen LogP contribution in [0.4, 0.5) is 0 Å². The van der Waals surface area contributed by atoms with E-state index in [0.717, 1.165) is 44.9 Å². The van der Waals surface area contributed by atoms with Crippen LogP contribution in [0.25, 0.3) is 76.5 Å². The highest BCUT2D eigenvalue weighted by molar-refractivity contribution is 7.26. The van der Waals surface area contributed by atoms with E-state index in [1.165, 1.54) is 25.7 Å². The molecule has 0 spiro atoms. The van der Waals surface area contributed by atoms with Crippen molar-refractivity contribution in [3.05, 3.63) is 152 Å². The number of pyridine rings is 1. The third kappa shape index (κ3) is 4.78. The molecule has 8 aromatic rings. The summed E-state index contributed by atoms with van der Waals surface area (Å²) in [6, 6.07) is 50.8. The summed E-state index contributed by atoms with van der Waals surface area (Å²) >= 11 is 1.85. The lowest BCUT2D eigenvalue weighted by molar-refractivity contribution is 1.16. The minimum atomic E-state index is 0.678. The van der Waals surface area contributed by atoms with Crippen LogP contribution in [0, 0.1) is 0 Å². The Morgan fingerprint density at radius 1 is 0.419 bits per heavy atom. The van der Waals surface area contributed by atoms with E-state index < -0.39 is 0 Å². The maximum Gasteiger partial charge on any atom is 0.160 e. The number of thiophene rings is 1. The fraction of sp³-hybridized carbons (Fsp3) is 0. The van der Waals surface area contributed by atoms with E-state index in [-0.39, 0.29) is 0 Å². The van der Waals surface area contributed by atoms with Crippen molar-refractivity contribution >= 4 is 31.5 Å². The SMILES string of the molecule is c1ccc(-c2cc(-c3cc(-c4ccccn4)nc(-c4ccccc4)n3)cc(-c3cccc4c3sc3ccccc34)c2)cc1. The van der Waals surface area contributed by atoms with E-state index in [1.54, 1.807) is 6.20 Å². The molecule has 3 nitrogen and oxygen atoms in total. The fourth-order valence-corrected chi connectivity index (χ4v) is 6.90. The predicted molar refractivity (Wildman–Crippen MR) is 180 cm³/mol. The van der Waals surface area contributed by atoms with Crippen molar-refractivity contribution in [2.45, 2.75) is 0 Å². The maximum atomic E-state index is 5.13. The average Bonchev–Trinajstić information content (AvgIpc) is 3.48. The molecule has 0 amide bonds. The molecule has 0 saturated carbocycles. The second kappa shape index (κ2) is 10.8. The van der Waals surface area contributed by atoms with Gasteiger partial charge in [-0.25, -0.2) is 9.97 Å². The molecule has 0 bridgehead atoms. The molecule has 202 valence electrons. The number of aromatic nitrogens is 3. The van der Waals surface area contributed by atoms with Crippen LogP contribution in [0.15, 0.2) is 152 Å². The van der Waals surface area contributed by atoms with E-state index in [2.05, 4.69) is 114 Å². The summed E-state index contributed by atoms with van der Waals surface area (Å²) in [5, 5.41) is 2.59. The number of benzene rings is 5. The van der Waals surface area contributed by atoms with Crippen LogP contribution in [0.2, 0.25) is 0 Å². The number of hydrogen-bond donors (Lipinski definition) is 0. The molecule has 0 unspecified atom stereocenters. The molecule has 43 heavy (non-hydrogen) atoms. The summed E-state index contributed by atoms with van der Waals surface area (Å²) in [7, 11) is 0. The van der Waals surface area contributed by atoms with Crippen LogP contribution in [0.5, 0.6) is 0 Å². The third-order valence-electron chi connectivity index (χ3n) is 7.74. The van der Waals surface area contributed by atoms with E-state index in [1.807, 2.05) is 47.7 Å². The molecule has 3 aromatic heterocycles. The van der Waals surface area contributed by atoms with Gasteiger partial charge in [0.25, 0.3) is 0 Å². The molecule has 4 heteroatoms. The predicted octanol–water partition coefficient (Wildman–Crippen LogP) is 10.6. The van der Waals surface area contributed by atoms with Crippen molar-refractivity contribution in [2.24, 2.45) is 0 Å². The van der Waals surface area contributed by atoms with Gasteiger partial charge in [-0.1, -0.05) is 103 Å².